The molecule has 2 aromatic rings. The van der Waals surface area contributed by atoms with Crippen LogP contribution >= 0.6 is 0 Å². The van der Waals surface area contributed by atoms with Gasteiger partial charge in [-0.05, 0) is 32.6 Å². The van der Waals surface area contributed by atoms with E-state index in [1.807, 2.05) is 13.0 Å². The van der Waals surface area contributed by atoms with Gasteiger partial charge >= 0.3 is 0 Å². The first-order chi connectivity index (χ1) is 13.1. The van der Waals surface area contributed by atoms with E-state index in [0.29, 0.717) is 17.2 Å². The zero-order chi connectivity index (χ0) is 18.8. The minimum Gasteiger partial charge on any atom is -0.356 e. The largest absolute Gasteiger partial charge is 0.356 e. The van der Waals surface area contributed by atoms with Gasteiger partial charge < -0.3 is 9.84 Å². The molecule has 4 rings (SSSR count). The van der Waals surface area contributed by atoms with Gasteiger partial charge in [0.25, 0.3) is 5.56 Å². The second-order valence-electron chi connectivity index (χ2n) is 7.80. The van der Waals surface area contributed by atoms with Crippen molar-refractivity contribution < 1.29 is 9.32 Å². The van der Waals surface area contributed by atoms with Crippen molar-refractivity contribution in [1.82, 2.24) is 20.3 Å². The monoisotopic (exact) mass is 370 g/mol. The Morgan fingerprint density at radius 1 is 1.19 bits per heavy atom. The second-order valence-corrected chi connectivity index (χ2v) is 7.80. The molecule has 0 aromatic carbocycles. The number of carbonyl (C=O) groups is 1. The highest BCUT2D eigenvalue weighted by Gasteiger charge is 2.30. The van der Waals surface area contributed by atoms with E-state index in [1.165, 1.54) is 23.6 Å². The Kier molecular flexibility index (Phi) is 5.09. The minimum absolute atomic E-state index is 0.0369. The number of hydrogen-bond donors (Lipinski definition) is 1. The van der Waals surface area contributed by atoms with Crippen molar-refractivity contribution in [3.63, 3.8) is 0 Å². The van der Waals surface area contributed by atoms with Crippen LogP contribution in [0.15, 0.2) is 21.5 Å². The molecular formula is C20H26N4O3. The van der Waals surface area contributed by atoms with E-state index < -0.39 is 0 Å². The third-order valence-electron chi connectivity index (χ3n) is 5.40. The fourth-order valence-electron chi connectivity index (χ4n) is 3.80. The number of nitrogens with one attached hydrogen (secondary N) is 1. The lowest BCUT2D eigenvalue weighted by atomic mass is 10.1. The van der Waals surface area contributed by atoms with E-state index in [-0.39, 0.29) is 24.1 Å². The van der Waals surface area contributed by atoms with Crippen LogP contribution in [0.1, 0.15) is 68.7 Å². The average molecular weight is 370 g/mol. The maximum Gasteiger partial charge on any atom is 0.267 e. The molecule has 0 bridgehead atoms. The topological polar surface area (TPSA) is 90.0 Å². The van der Waals surface area contributed by atoms with E-state index in [9.17, 15) is 9.59 Å². The summed E-state index contributed by atoms with van der Waals surface area (Å²) in [6.07, 6.45) is 8.90. The predicted molar refractivity (Wildman–Crippen MR) is 100 cm³/mol. The maximum absolute atomic E-state index is 12.6. The minimum atomic E-state index is -0.292. The van der Waals surface area contributed by atoms with Crippen molar-refractivity contribution in [3.05, 3.63) is 33.9 Å². The van der Waals surface area contributed by atoms with Gasteiger partial charge in [-0.2, -0.15) is 5.10 Å². The Balaban J connectivity index is 1.53. The van der Waals surface area contributed by atoms with Gasteiger partial charge in [0.1, 0.15) is 6.54 Å². The van der Waals surface area contributed by atoms with Gasteiger partial charge in [-0.25, -0.2) is 4.68 Å². The molecule has 0 radical (unpaired) electrons. The van der Waals surface area contributed by atoms with Gasteiger partial charge in [-0.3, -0.25) is 9.59 Å². The Morgan fingerprint density at radius 3 is 2.56 bits per heavy atom. The van der Waals surface area contributed by atoms with Crippen LogP contribution in [0.25, 0.3) is 11.3 Å². The summed E-state index contributed by atoms with van der Waals surface area (Å²) >= 11 is 0. The zero-order valence-corrected chi connectivity index (χ0v) is 15.7. The molecule has 0 spiro atoms. The lowest BCUT2D eigenvalue weighted by Crippen LogP contribution is -2.39. The van der Waals surface area contributed by atoms with Crippen molar-refractivity contribution >= 4 is 5.91 Å². The maximum atomic E-state index is 12.6. The van der Waals surface area contributed by atoms with Crippen LogP contribution in [-0.2, 0) is 11.3 Å². The fraction of sp³-hybridized carbons (Fsp3) is 0.600. The summed E-state index contributed by atoms with van der Waals surface area (Å²) in [7, 11) is 0. The van der Waals surface area contributed by atoms with Crippen LogP contribution in [0, 0.1) is 6.92 Å². The van der Waals surface area contributed by atoms with E-state index in [4.69, 9.17) is 4.52 Å². The molecule has 2 aliphatic carbocycles. The van der Waals surface area contributed by atoms with E-state index in [0.717, 1.165) is 49.9 Å². The molecule has 0 atom stereocenters. The number of carbonyl (C=O) groups excluding carboxylic acids is 1. The molecule has 7 nitrogen and oxygen atoms in total. The van der Waals surface area contributed by atoms with Gasteiger partial charge in [-0.1, -0.05) is 30.8 Å². The molecule has 27 heavy (non-hydrogen) atoms. The summed E-state index contributed by atoms with van der Waals surface area (Å²) in [5.41, 5.74) is 2.00. The Labute approximate surface area is 158 Å². The van der Waals surface area contributed by atoms with Crippen LogP contribution in [0.3, 0.4) is 0 Å². The highest BCUT2D eigenvalue weighted by atomic mass is 16.5. The first-order valence-electron chi connectivity index (χ1n) is 9.95. The van der Waals surface area contributed by atoms with Crippen LogP contribution in [-0.4, -0.2) is 26.9 Å². The van der Waals surface area contributed by atoms with Crippen LogP contribution in [0.2, 0.25) is 0 Å². The summed E-state index contributed by atoms with van der Waals surface area (Å²) in [5.74, 6) is 0.748. The quantitative estimate of drug-likeness (QED) is 0.817. The SMILES string of the molecule is Cc1cc(-c2cc(=O)n(CC(=O)NC3CCCCCC3)nc2C2CC2)on1. The average Bonchev–Trinajstić information content (AvgIpc) is 3.43. The van der Waals surface area contributed by atoms with Crippen molar-refractivity contribution in [1.29, 1.82) is 0 Å². The first kappa shape index (κ1) is 17.9. The third-order valence-corrected chi connectivity index (χ3v) is 5.40. The predicted octanol–water partition coefficient (Wildman–Crippen LogP) is 2.92. The van der Waals surface area contributed by atoms with Crippen molar-refractivity contribution in [2.24, 2.45) is 0 Å². The van der Waals surface area contributed by atoms with Crippen LogP contribution < -0.4 is 10.9 Å². The smallest absolute Gasteiger partial charge is 0.267 e. The molecule has 0 unspecified atom stereocenters. The number of rotatable bonds is 5. The zero-order valence-electron chi connectivity index (χ0n) is 15.7. The van der Waals surface area contributed by atoms with Gasteiger partial charge in [0.05, 0.1) is 11.4 Å². The number of aryl methyl sites for hydroxylation is 1. The van der Waals surface area contributed by atoms with Gasteiger partial charge in [0.2, 0.25) is 5.91 Å². The summed E-state index contributed by atoms with van der Waals surface area (Å²) in [4.78, 5) is 25.0. The molecule has 2 fully saturated rings. The second kappa shape index (κ2) is 7.66. The highest BCUT2D eigenvalue weighted by Crippen LogP contribution is 2.42. The molecule has 2 saturated carbocycles. The summed E-state index contributed by atoms with van der Waals surface area (Å²) in [6.45, 7) is 1.81. The molecule has 0 aliphatic heterocycles. The summed E-state index contributed by atoms with van der Waals surface area (Å²) in [6, 6.07) is 3.56. The Hall–Kier alpha value is -2.44. The number of hydrogen-bond acceptors (Lipinski definition) is 5. The lowest BCUT2D eigenvalue weighted by Gasteiger charge is -2.17. The molecule has 0 saturated heterocycles. The number of amides is 1. The Morgan fingerprint density at radius 2 is 1.93 bits per heavy atom. The standard InChI is InChI=1S/C20H26N4O3/c1-13-10-17(27-23-13)16-11-19(26)24(22-20(16)14-8-9-14)12-18(25)21-15-6-4-2-3-5-7-15/h10-11,14-15H,2-9,12H2,1H3,(H,21,25). The van der Waals surface area contributed by atoms with E-state index in [1.54, 1.807) is 0 Å². The molecule has 144 valence electrons. The first-order valence-corrected chi connectivity index (χ1v) is 9.95. The fourth-order valence-corrected chi connectivity index (χ4v) is 3.80. The third kappa shape index (κ3) is 4.28. The highest BCUT2D eigenvalue weighted by molar-refractivity contribution is 5.76. The molecule has 7 heteroatoms. The summed E-state index contributed by atoms with van der Waals surface area (Å²) in [5, 5.41) is 11.5. The van der Waals surface area contributed by atoms with Crippen molar-refractivity contribution in [2.45, 2.75) is 76.8 Å². The number of nitrogens with zero attached hydrogens (tertiary/aromatic N) is 3. The van der Waals surface area contributed by atoms with Gasteiger partial charge in [0.15, 0.2) is 5.76 Å². The van der Waals surface area contributed by atoms with Gasteiger partial charge in [0, 0.05) is 29.7 Å². The van der Waals surface area contributed by atoms with Crippen molar-refractivity contribution in [3.8, 4) is 11.3 Å². The summed E-state index contributed by atoms with van der Waals surface area (Å²) < 4.78 is 6.62. The lowest BCUT2D eigenvalue weighted by molar-refractivity contribution is -0.122. The molecule has 2 aliphatic rings. The normalized spacial score (nSPS) is 18.3. The van der Waals surface area contributed by atoms with E-state index >= 15 is 0 Å². The van der Waals surface area contributed by atoms with Crippen LogP contribution in [0.5, 0.6) is 0 Å². The Bertz CT molecular complexity index is 874. The molecule has 2 heterocycles. The molecule has 1 amide bonds. The molecular weight excluding hydrogens is 344 g/mol. The van der Waals surface area contributed by atoms with Crippen molar-refractivity contribution in [2.75, 3.05) is 0 Å². The van der Waals surface area contributed by atoms with Gasteiger partial charge in [-0.15, -0.1) is 0 Å². The number of aromatic nitrogens is 3. The molecule has 1 N–H and O–H groups in total. The van der Waals surface area contributed by atoms with Crippen LogP contribution in [0.4, 0.5) is 0 Å². The molecule has 2 aromatic heterocycles. The van der Waals surface area contributed by atoms with E-state index in [2.05, 4.69) is 15.6 Å².